The lowest BCUT2D eigenvalue weighted by Crippen LogP contribution is -2.20. The van der Waals surface area contributed by atoms with E-state index in [-0.39, 0.29) is 11.9 Å². The number of halogens is 1. The first kappa shape index (κ1) is 23.2. The molecule has 0 aliphatic carbocycles. The van der Waals surface area contributed by atoms with Gasteiger partial charge in [0.25, 0.3) is 0 Å². The number of fused-ring (bicyclic) bond motifs is 2. The highest BCUT2D eigenvalue weighted by Gasteiger charge is 2.15. The Hall–Kier alpha value is -4.52. The number of hydrogen-bond acceptors (Lipinski definition) is 4. The molecule has 0 saturated heterocycles. The molecule has 0 aliphatic rings. The molecule has 7 heteroatoms. The van der Waals surface area contributed by atoms with E-state index >= 15 is 0 Å². The minimum Gasteiger partial charge on any atom is -0.383 e. The molecule has 0 aliphatic heterocycles. The fourth-order valence-corrected chi connectivity index (χ4v) is 4.31. The van der Waals surface area contributed by atoms with Crippen LogP contribution in [0.5, 0.6) is 0 Å². The Morgan fingerprint density at radius 3 is 2.69 bits per heavy atom. The number of aromatic nitrogens is 5. The molecule has 180 valence electrons. The van der Waals surface area contributed by atoms with E-state index in [1.165, 1.54) is 12.1 Å². The molecule has 0 amide bonds. The Bertz CT molecular complexity index is 1640. The summed E-state index contributed by atoms with van der Waals surface area (Å²) in [5.74, 6) is -0.282. The van der Waals surface area contributed by atoms with Crippen LogP contribution in [0.15, 0.2) is 85.5 Å². The second-order valence-electron chi connectivity index (χ2n) is 8.88. The lowest BCUT2D eigenvalue weighted by molar-refractivity contribution is 0.628. The van der Waals surface area contributed by atoms with Crippen molar-refractivity contribution in [2.75, 3.05) is 0 Å². The smallest absolute Gasteiger partial charge is 0.123 e. The molecule has 6 nitrogen and oxygen atoms in total. The summed E-state index contributed by atoms with van der Waals surface area (Å²) in [5.41, 5.74) is 7.66. The second-order valence-corrected chi connectivity index (χ2v) is 8.88. The summed E-state index contributed by atoms with van der Waals surface area (Å²) in [6, 6.07) is 10.9. The number of pyridine rings is 2. The van der Waals surface area contributed by atoms with E-state index < -0.39 is 0 Å². The van der Waals surface area contributed by atoms with E-state index in [2.05, 4.69) is 50.9 Å². The van der Waals surface area contributed by atoms with Crippen molar-refractivity contribution in [3.05, 3.63) is 97.0 Å². The molecule has 0 radical (unpaired) electrons. The van der Waals surface area contributed by atoms with E-state index in [1.807, 2.05) is 37.3 Å². The maximum absolute atomic E-state index is 13.9. The van der Waals surface area contributed by atoms with Crippen molar-refractivity contribution in [2.45, 2.75) is 26.8 Å². The molecule has 0 bridgehead atoms. The molecule has 0 spiro atoms. The van der Waals surface area contributed by atoms with Crippen molar-refractivity contribution in [3.63, 3.8) is 0 Å². The summed E-state index contributed by atoms with van der Waals surface area (Å²) in [6.45, 7) is 10.1. The Kier molecular flexibility index (Phi) is 6.21. The number of rotatable bonds is 7. The first-order chi connectivity index (χ1) is 17.5. The van der Waals surface area contributed by atoms with Gasteiger partial charge in [-0.2, -0.15) is 5.10 Å². The minimum absolute atomic E-state index is 0.282. The fraction of sp³-hybridized carbons (Fsp3) is 0.138. The van der Waals surface area contributed by atoms with E-state index in [4.69, 9.17) is 0 Å². The number of allylic oxidation sites excluding steroid dienone is 4. The number of hydrogen-bond donors (Lipinski definition) is 3. The summed E-state index contributed by atoms with van der Waals surface area (Å²) < 4.78 is 13.9. The third-order valence-electron chi connectivity index (χ3n) is 5.98. The highest BCUT2D eigenvalue weighted by molar-refractivity contribution is 6.01. The Morgan fingerprint density at radius 1 is 1.08 bits per heavy atom. The lowest BCUT2D eigenvalue weighted by Gasteiger charge is -2.12. The van der Waals surface area contributed by atoms with Crippen molar-refractivity contribution in [2.24, 2.45) is 0 Å². The van der Waals surface area contributed by atoms with E-state index in [1.54, 1.807) is 30.7 Å². The van der Waals surface area contributed by atoms with Crippen LogP contribution in [0.4, 0.5) is 4.39 Å². The fourth-order valence-electron chi connectivity index (χ4n) is 4.31. The molecule has 0 unspecified atom stereocenters. The van der Waals surface area contributed by atoms with Crippen LogP contribution in [0.3, 0.4) is 0 Å². The van der Waals surface area contributed by atoms with Crippen molar-refractivity contribution < 1.29 is 4.39 Å². The number of benzene rings is 1. The quantitative estimate of drug-likeness (QED) is 0.225. The van der Waals surface area contributed by atoms with Crippen molar-refractivity contribution in [1.82, 2.24) is 30.5 Å². The molecule has 4 aromatic heterocycles. The maximum atomic E-state index is 13.9. The van der Waals surface area contributed by atoms with Crippen LogP contribution in [-0.4, -0.2) is 31.2 Å². The first-order valence-electron chi connectivity index (χ1n) is 11.8. The van der Waals surface area contributed by atoms with Gasteiger partial charge in [0.1, 0.15) is 11.5 Å². The monoisotopic (exact) mass is 478 g/mol. The number of H-pyrrole nitrogens is 2. The topological polar surface area (TPSA) is 82.3 Å². The molecule has 5 rings (SSSR count). The third-order valence-corrected chi connectivity index (χ3v) is 5.98. The van der Waals surface area contributed by atoms with Gasteiger partial charge in [-0.3, -0.25) is 15.1 Å². The molecular weight excluding hydrogens is 451 g/mol. The van der Waals surface area contributed by atoms with Crippen LogP contribution in [0, 0.1) is 5.82 Å². The maximum Gasteiger partial charge on any atom is 0.123 e. The largest absolute Gasteiger partial charge is 0.383 e. The zero-order valence-corrected chi connectivity index (χ0v) is 20.4. The van der Waals surface area contributed by atoms with Gasteiger partial charge in [0.2, 0.25) is 0 Å². The van der Waals surface area contributed by atoms with E-state index in [0.29, 0.717) is 0 Å². The molecule has 0 fully saturated rings. The van der Waals surface area contributed by atoms with Crippen LogP contribution in [0.1, 0.15) is 26.5 Å². The summed E-state index contributed by atoms with van der Waals surface area (Å²) in [7, 11) is 0. The predicted molar refractivity (Wildman–Crippen MR) is 145 cm³/mol. The van der Waals surface area contributed by atoms with Gasteiger partial charge in [-0.1, -0.05) is 24.8 Å². The van der Waals surface area contributed by atoms with Crippen LogP contribution in [-0.2, 0) is 0 Å². The highest BCUT2D eigenvalue weighted by Crippen LogP contribution is 2.34. The molecular formula is C29H27FN6. The summed E-state index contributed by atoms with van der Waals surface area (Å²) in [5, 5.41) is 12.9. The standard InChI is InChI=1S/C29H27FN6/c1-5-18(11-21(6-2)33-17(3)4)25-13-23-28(16-32-25)35-36-29(23)26-12-22-24(14-31-15-27(22)34-26)19-8-7-9-20(30)10-19/h5-17,33-34H,2H2,1,3-4H3,(H,35,36)/b18-5+,21-11+. The van der Waals surface area contributed by atoms with Crippen molar-refractivity contribution in [3.8, 4) is 22.5 Å². The van der Waals surface area contributed by atoms with Gasteiger partial charge in [-0.15, -0.1) is 0 Å². The number of aromatic amines is 2. The zero-order valence-electron chi connectivity index (χ0n) is 20.4. The molecule has 4 heterocycles. The predicted octanol–water partition coefficient (Wildman–Crippen LogP) is 6.78. The molecule has 36 heavy (non-hydrogen) atoms. The number of nitrogens with one attached hydrogen (secondary N) is 3. The van der Waals surface area contributed by atoms with Gasteiger partial charge < -0.3 is 10.3 Å². The van der Waals surface area contributed by atoms with Crippen LogP contribution in [0.25, 0.3) is 49.9 Å². The molecule has 3 N–H and O–H groups in total. The van der Waals surface area contributed by atoms with Gasteiger partial charge in [-0.25, -0.2) is 4.39 Å². The average molecular weight is 479 g/mol. The van der Waals surface area contributed by atoms with Crippen LogP contribution < -0.4 is 5.32 Å². The van der Waals surface area contributed by atoms with Gasteiger partial charge in [0.15, 0.2) is 0 Å². The van der Waals surface area contributed by atoms with Crippen LogP contribution >= 0.6 is 0 Å². The van der Waals surface area contributed by atoms with E-state index in [0.717, 1.165) is 61.3 Å². The molecule has 1 aromatic carbocycles. The lowest BCUT2D eigenvalue weighted by atomic mass is 10.0. The Morgan fingerprint density at radius 2 is 1.94 bits per heavy atom. The summed E-state index contributed by atoms with van der Waals surface area (Å²) >= 11 is 0. The molecule has 0 saturated carbocycles. The highest BCUT2D eigenvalue weighted by atomic mass is 19.1. The second kappa shape index (κ2) is 9.62. The zero-order chi connectivity index (χ0) is 25.2. The molecule has 0 atom stereocenters. The third kappa shape index (κ3) is 4.43. The molecule has 5 aromatic rings. The Labute approximate surface area is 208 Å². The van der Waals surface area contributed by atoms with Crippen molar-refractivity contribution in [1.29, 1.82) is 0 Å². The first-order valence-corrected chi connectivity index (χ1v) is 11.8. The average Bonchev–Trinajstić information content (AvgIpc) is 3.49. The van der Waals surface area contributed by atoms with E-state index in [9.17, 15) is 4.39 Å². The Balaban J connectivity index is 1.59. The normalized spacial score (nSPS) is 12.6. The number of nitrogens with zero attached hydrogens (tertiary/aromatic N) is 3. The van der Waals surface area contributed by atoms with Crippen LogP contribution in [0.2, 0.25) is 0 Å². The summed E-state index contributed by atoms with van der Waals surface area (Å²) in [6.07, 6.45) is 11.2. The van der Waals surface area contributed by atoms with Gasteiger partial charge >= 0.3 is 0 Å². The summed E-state index contributed by atoms with van der Waals surface area (Å²) in [4.78, 5) is 12.4. The van der Waals surface area contributed by atoms with Gasteiger partial charge in [0, 0.05) is 34.3 Å². The van der Waals surface area contributed by atoms with Crippen molar-refractivity contribution >= 4 is 27.4 Å². The van der Waals surface area contributed by atoms with Gasteiger partial charge in [-0.05, 0) is 68.3 Å². The minimum atomic E-state index is -0.282. The van der Waals surface area contributed by atoms with Gasteiger partial charge in [0.05, 0.1) is 34.8 Å². The SMILES string of the molecule is C=C/C(=C\C(=C/C)c1cc2c(-c3cc4c(-c5cccc(F)c5)cncc4[nH]3)n[nH]c2cn1)NC(C)C.